The van der Waals surface area contributed by atoms with E-state index in [9.17, 15) is 4.79 Å². The summed E-state index contributed by atoms with van der Waals surface area (Å²) in [5, 5.41) is 8.86. The Morgan fingerprint density at radius 2 is 1.90 bits per heavy atom. The lowest BCUT2D eigenvalue weighted by molar-refractivity contribution is 0.0971. The van der Waals surface area contributed by atoms with Crippen LogP contribution in [0.25, 0.3) is 0 Å². The number of nitrogens with zero attached hydrogens (tertiary/aromatic N) is 2. The Morgan fingerprint density at radius 3 is 2.76 bits per heavy atom. The number of Topliss-reactive ketones (excluding diaryl/α,β-unsaturated/α-hetero) is 1. The molecule has 0 aliphatic heterocycles. The summed E-state index contributed by atoms with van der Waals surface area (Å²) in [6.45, 7) is 0. The number of aryl methyl sites for hydroxylation is 1. The van der Waals surface area contributed by atoms with E-state index in [2.05, 4.69) is 22.9 Å². The molecule has 0 unspecified atom stereocenters. The van der Waals surface area contributed by atoms with Crippen LogP contribution >= 0.6 is 0 Å². The number of hydrogen-bond donors (Lipinski definition) is 0. The van der Waals surface area contributed by atoms with E-state index in [0.29, 0.717) is 17.7 Å². The van der Waals surface area contributed by atoms with Gasteiger partial charge in [-0.25, -0.2) is 4.98 Å². The Balaban J connectivity index is 1.91. The summed E-state index contributed by atoms with van der Waals surface area (Å²) in [4.78, 5) is 16.2. The van der Waals surface area contributed by atoms with Crippen molar-refractivity contribution in [1.82, 2.24) is 4.98 Å². The number of fused-ring (bicyclic) bond motifs is 1. The molecule has 0 saturated carbocycles. The molecule has 0 N–H and O–H groups in total. The average molecular weight is 272 g/mol. The number of rotatable bonds is 0. The zero-order valence-electron chi connectivity index (χ0n) is 11.4. The van der Waals surface area contributed by atoms with Gasteiger partial charge in [0.1, 0.15) is 5.69 Å². The maximum absolute atomic E-state index is 11.7. The fraction of sp³-hybridized carbons (Fsp3) is 0.167. The monoisotopic (exact) mass is 272 g/mol. The SMILES string of the molecule is N#Cc1cccc(C#Cc2ccc3c(n2)CCCC3=O)c1. The summed E-state index contributed by atoms with van der Waals surface area (Å²) in [7, 11) is 0. The van der Waals surface area contributed by atoms with Crippen LogP contribution in [-0.2, 0) is 6.42 Å². The van der Waals surface area contributed by atoms with Gasteiger partial charge in [-0.1, -0.05) is 12.0 Å². The maximum Gasteiger partial charge on any atom is 0.164 e. The maximum atomic E-state index is 11.7. The summed E-state index contributed by atoms with van der Waals surface area (Å²) >= 11 is 0. The molecule has 100 valence electrons. The van der Waals surface area contributed by atoms with Crippen molar-refractivity contribution in [3.63, 3.8) is 0 Å². The molecule has 21 heavy (non-hydrogen) atoms. The lowest BCUT2D eigenvalue weighted by Crippen LogP contribution is -2.12. The van der Waals surface area contributed by atoms with Gasteiger partial charge in [-0.05, 0) is 49.1 Å². The Labute approximate surface area is 123 Å². The fourth-order valence-electron chi connectivity index (χ4n) is 2.37. The normalized spacial score (nSPS) is 12.8. The second kappa shape index (κ2) is 5.61. The van der Waals surface area contributed by atoms with Crippen LogP contribution in [0, 0.1) is 23.2 Å². The molecule has 2 aromatic rings. The Bertz CT molecular complexity index is 819. The van der Waals surface area contributed by atoms with Gasteiger partial charge in [0.15, 0.2) is 5.78 Å². The minimum Gasteiger partial charge on any atom is -0.294 e. The van der Waals surface area contributed by atoms with Crippen molar-refractivity contribution in [3.05, 3.63) is 64.5 Å². The third-order valence-electron chi connectivity index (χ3n) is 3.42. The first-order valence-electron chi connectivity index (χ1n) is 6.81. The number of aromatic nitrogens is 1. The van der Waals surface area contributed by atoms with Gasteiger partial charge < -0.3 is 0 Å². The largest absolute Gasteiger partial charge is 0.294 e. The van der Waals surface area contributed by atoms with Crippen molar-refractivity contribution < 1.29 is 4.79 Å². The van der Waals surface area contributed by atoms with Crippen LogP contribution in [0.1, 0.15) is 45.7 Å². The highest BCUT2D eigenvalue weighted by atomic mass is 16.1. The number of ketones is 1. The van der Waals surface area contributed by atoms with Crippen LogP contribution in [0.5, 0.6) is 0 Å². The van der Waals surface area contributed by atoms with Gasteiger partial charge in [0.25, 0.3) is 0 Å². The minimum atomic E-state index is 0.171. The van der Waals surface area contributed by atoms with E-state index in [1.54, 1.807) is 18.2 Å². The van der Waals surface area contributed by atoms with Crippen molar-refractivity contribution >= 4 is 5.78 Å². The molecule has 0 atom stereocenters. The van der Waals surface area contributed by atoms with E-state index in [1.807, 2.05) is 18.2 Å². The first kappa shape index (κ1) is 13.1. The second-order valence-corrected chi connectivity index (χ2v) is 4.91. The Hall–Kier alpha value is -2.91. The standard InChI is InChI=1S/C18H12N2O/c19-12-14-4-1-3-13(11-14)7-8-15-9-10-16-17(20-15)5-2-6-18(16)21/h1,3-4,9-11H,2,5-6H2. The molecule has 1 aliphatic rings. The molecule has 0 fully saturated rings. The van der Waals surface area contributed by atoms with E-state index in [4.69, 9.17) is 5.26 Å². The second-order valence-electron chi connectivity index (χ2n) is 4.91. The lowest BCUT2D eigenvalue weighted by atomic mass is 9.94. The predicted molar refractivity (Wildman–Crippen MR) is 78.6 cm³/mol. The molecule has 0 spiro atoms. The molecule has 0 bridgehead atoms. The van der Waals surface area contributed by atoms with Crippen molar-refractivity contribution in [1.29, 1.82) is 5.26 Å². The molecule has 1 aromatic carbocycles. The number of hydrogen-bond acceptors (Lipinski definition) is 3. The highest BCUT2D eigenvalue weighted by molar-refractivity contribution is 5.98. The van der Waals surface area contributed by atoms with Gasteiger partial charge >= 0.3 is 0 Å². The van der Waals surface area contributed by atoms with Crippen molar-refractivity contribution in [2.75, 3.05) is 0 Å². The summed E-state index contributed by atoms with van der Waals surface area (Å²) in [5.41, 5.74) is 3.61. The molecule has 3 heteroatoms. The number of benzene rings is 1. The quantitative estimate of drug-likeness (QED) is 0.693. The molecule has 1 aliphatic carbocycles. The smallest absolute Gasteiger partial charge is 0.164 e. The van der Waals surface area contributed by atoms with Crippen LogP contribution in [0.4, 0.5) is 0 Å². The Kier molecular flexibility index (Phi) is 3.50. The van der Waals surface area contributed by atoms with Gasteiger partial charge in [0.2, 0.25) is 0 Å². The number of nitriles is 1. The third-order valence-corrected chi connectivity index (χ3v) is 3.42. The molecular weight excluding hydrogens is 260 g/mol. The van der Waals surface area contributed by atoms with Gasteiger partial charge in [-0.3, -0.25) is 4.79 Å². The topological polar surface area (TPSA) is 53.8 Å². The number of carbonyl (C=O) groups is 1. The molecule has 1 aromatic heterocycles. The highest BCUT2D eigenvalue weighted by Gasteiger charge is 2.17. The summed E-state index contributed by atoms with van der Waals surface area (Å²) in [5.74, 6) is 6.17. The minimum absolute atomic E-state index is 0.171. The molecular formula is C18H12N2O. The zero-order valence-corrected chi connectivity index (χ0v) is 11.4. The van der Waals surface area contributed by atoms with E-state index >= 15 is 0 Å². The molecule has 3 nitrogen and oxygen atoms in total. The van der Waals surface area contributed by atoms with Gasteiger partial charge in [0.05, 0.1) is 17.3 Å². The average Bonchev–Trinajstić information content (AvgIpc) is 2.53. The Morgan fingerprint density at radius 1 is 1.05 bits per heavy atom. The van der Waals surface area contributed by atoms with E-state index < -0.39 is 0 Å². The lowest BCUT2D eigenvalue weighted by Gasteiger charge is -2.12. The first-order chi connectivity index (χ1) is 10.3. The predicted octanol–water partition coefficient (Wildman–Crippen LogP) is 2.87. The number of carbonyl (C=O) groups excluding carboxylic acids is 1. The first-order valence-corrected chi connectivity index (χ1v) is 6.81. The summed E-state index contributed by atoms with van der Waals surface area (Å²) in [6, 6.07) is 12.8. The van der Waals surface area contributed by atoms with Crippen LogP contribution in [0.3, 0.4) is 0 Å². The van der Waals surface area contributed by atoms with Crippen LogP contribution in [-0.4, -0.2) is 10.8 Å². The van der Waals surface area contributed by atoms with E-state index in [-0.39, 0.29) is 5.78 Å². The fourth-order valence-corrected chi connectivity index (χ4v) is 2.37. The molecule has 3 rings (SSSR count). The number of pyridine rings is 1. The van der Waals surface area contributed by atoms with Crippen LogP contribution in [0.15, 0.2) is 36.4 Å². The zero-order chi connectivity index (χ0) is 14.7. The van der Waals surface area contributed by atoms with Crippen LogP contribution in [0.2, 0.25) is 0 Å². The van der Waals surface area contributed by atoms with Crippen molar-refractivity contribution in [2.45, 2.75) is 19.3 Å². The molecule has 1 heterocycles. The van der Waals surface area contributed by atoms with Crippen LogP contribution < -0.4 is 0 Å². The molecule has 0 amide bonds. The highest BCUT2D eigenvalue weighted by Crippen LogP contribution is 2.19. The van der Waals surface area contributed by atoms with Crippen molar-refractivity contribution in [2.24, 2.45) is 0 Å². The molecule has 0 saturated heterocycles. The van der Waals surface area contributed by atoms with Gasteiger partial charge in [0, 0.05) is 17.5 Å². The van der Waals surface area contributed by atoms with Gasteiger partial charge in [-0.2, -0.15) is 5.26 Å². The van der Waals surface area contributed by atoms with E-state index in [1.165, 1.54) is 0 Å². The summed E-state index contributed by atoms with van der Waals surface area (Å²) < 4.78 is 0. The summed E-state index contributed by atoms with van der Waals surface area (Å²) in [6.07, 6.45) is 2.31. The third kappa shape index (κ3) is 2.83. The van der Waals surface area contributed by atoms with E-state index in [0.717, 1.165) is 29.7 Å². The molecule has 0 radical (unpaired) electrons. The van der Waals surface area contributed by atoms with Crippen molar-refractivity contribution in [3.8, 4) is 17.9 Å². The van der Waals surface area contributed by atoms with Gasteiger partial charge in [-0.15, -0.1) is 0 Å².